The van der Waals surface area contributed by atoms with Crippen LogP contribution in [0.15, 0.2) is 49.1 Å². The summed E-state index contributed by atoms with van der Waals surface area (Å²) in [5.74, 6) is 0. The van der Waals surface area contributed by atoms with Crippen molar-refractivity contribution in [2.75, 3.05) is 0 Å². The maximum atomic E-state index is 6.02. The summed E-state index contributed by atoms with van der Waals surface area (Å²) in [5, 5.41) is 0. The van der Waals surface area contributed by atoms with E-state index < -0.39 is 0 Å². The van der Waals surface area contributed by atoms with Gasteiger partial charge in [-0.25, -0.2) is 0 Å². The number of hydrogen-bond acceptors (Lipinski definition) is 1. The van der Waals surface area contributed by atoms with E-state index in [-0.39, 0.29) is 11.2 Å². The molecule has 2 fully saturated rings. The molecule has 1 heterocycles. The molecular formula is C16H18O. The average Bonchev–Trinajstić information content (AvgIpc) is 3.08. The van der Waals surface area contributed by atoms with Gasteiger partial charge in [-0.3, -0.25) is 0 Å². The summed E-state index contributed by atoms with van der Waals surface area (Å²) in [5.41, 5.74) is 1.13. The highest BCUT2D eigenvalue weighted by atomic mass is 16.6. The molecule has 1 saturated carbocycles. The molecule has 1 aromatic carbocycles. The van der Waals surface area contributed by atoms with E-state index in [4.69, 9.17) is 4.74 Å². The number of hydrogen-bond donors (Lipinski definition) is 0. The van der Waals surface area contributed by atoms with Gasteiger partial charge < -0.3 is 4.74 Å². The Balaban J connectivity index is 1.82. The van der Waals surface area contributed by atoms with Gasteiger partial charge in [0.25, 0.3) is 0 Å². The van der Waals surface area contributed by atoms with Gasteiger partial charge in [0.1, 0.15) is 11.2 Å². The molecular weight excluding hydrogens is 208 g/mol. The first-order chi connectivity index (χ1) is 8.30. The fraction of sp³-hybridized carbons (Fsp3) is 0.375. The second kappa shape index (κ2) is 3.85. The fourth-order valence-electron chi connectivity index (χ4n) is 2.97. The van der Waals surface area contributed by atoms with Crippen LogP contribution in [0.4, 0.5) is 0 Å². The van der Waals surface area contributed by atoms with Crippen molar-refractivity contribution in [3.05, 3.63) is 54.6 Å². The predicted octanol–water partition coefficient (Wildman–Crippen LogP) is 3.97. The monoisotopic (exact) mass is 226 g/mol. The quantitative estimate of drug-likeness (QED) is 0.561. The summed E-state index contributed by atoms with van der Waals surface area (Å²) in [6.45, 7) is 3.94. The number of epoxide rings is 1. The van der Waals surface area contributed by atoms with E-state index >= 15 is 0 Å². The van der Waals surface area contributed by atoms with E-state index in [9.17, 15) is 0 Å². The lowest BCUT2D eigenvalue weighted by Gasteiger charge is -2.19. The van der Waals surface area contributed by atoms with Crippen molar-refractivity contribution in [1.29, 1.82) is 0 Å². The molecule has 1 heteroatoms. The molecule has 2 aliphatic rings. The molecule has 0 N–H and O–H groups in total. The molecule has 1 saturated heterocycles. The topological polar surface area (TPSA) is 12.5 Å². The molecule has 2 unspecified atom stereocenters. The fourth-order valence-corrected chi connectivity index (χ4v) is 2.97. The van der Waals surface area contributed by atoms with Crippen LogP contribution in [0.1, 0.15) is 31.2 Å². The molecule has 0 spiro atoms. The largest absolute Gasteiger partial charge is 0.354 e. The Hall–Kier alpha value is -1.34. The van der Waals surface area contributed by atoms with Crippen molar-refractivity contribution >= 4 is 6.08 Å². The van der Waals surface area contributed by atoms with Gasteiger partial charge in [-0.2, -0.15) is 0 Å². The third-order valence-electron chi connectivity index (χ3n) is 4.06. The van der Waals surface area contributed by atoms with E-state index in [1.165, 1.54) is 18.4 Å². The smallest absolute Gasteiger partial charge is 0.120 e. The van der Waals surface area contributed by atoms with Crippen LogP contribution in [0.2, 0.25) is 0 Å². The summed E-state index contributed by atoms with van der Waals surface area (Å²) in [4.78, 5) is 0. The Morgan fingerprint density at radius 3 is 2.47 bits per heavy atom. The first kappa shape index (κ1) is 10.8. The van der Waals surface area contributed by atoms with Crippen LogP contribution < -0.4 is 0 Å². The zero-order chi connectivity index (χ0) is 11.8. The van der Waals surface area contributed by atoms with E-state index in [0.29, 0.717) is 0 Å². The number of fused-ring (bicyclic) bond motifs is 1. The Morgan fingerprint density at radius 2 is 1.76 bits per heavy atom. The van der Waals surface area contributed by atoms with Crippen molar-refractivity contribution in [3.8, 4) is 0 Å². The predicted molar refractivity (Wildman–Crippen MR) is 70.7 cm³/mol. The van der Waals surface area contributed by atoms with Crippen molar-refractivity contribution < 1.29 is 4.74 Å². The molecule has 1 aliphatic heterocycles. The summed E-state index contributed by atoms with van der Waals surface area (Å²) in [6, 6.07) is 10.4. The van der Waals surface area contributed by atoms with Crippen molar-refractivity contribution in [1.82, 2.24) is 0 Å². The first-order valence-corrected chi connectivity index (χ1v) is 6.38. The molecule has 1 aromatic rings. The number of rotatable bonds is 3. The SMILES string of the molecule is C=CC12CCCCC1(C=Cc1ccccc1)O2. The van der Waals surface area contributed by atoms with Crippen LogP contribution in [0, 0.1) is 0 Å². The molecule has 0 bridgehead atoms. The lowest BCUT2D eigenvalue weighted by atomic mass is 9.79. The molecule has 0 aromatic heterocycles. The maximum Gasteiger partial charge on any atom is 0.120 e. The van der Waals surface area contributed by atoms with Crippen molar-refractivity contribution in [2.45, 2.75) is 36.9 Å². The van der Waals surface area contributed by atoms with Gasteiger partial charge in [-0.1, -0.05) is 42.5 Å². The highest BCUT2D eigenvalue weighted by Crippen LogP contribution is 2.59. The molecule has 1 nitrogen and oxygen atoms in total. The molecule has 0 amide bonds. The third-order valence-corrected chi connectivity index (χ3v) is 4.06. The zero-order valence-corrected chi connectivity index (χ0v) is 10.1. The van der Waals surface area contributed by atoms with Crippen LogP contribution in [-0.4, -0.2) is 11.2 Å². The highest BCUT2D eigenvalue weighted by Gasteiger charge is 2.66. The lowest BCUT2D eigenvalue weighted by molar-refractivity contribution is 0.307. The van der Waals surface area contributed by atoms with Crippen molar-refractivity contribution in [2.24, 2.45) is 0 Å². The first-order valence-electron chi connectivity index (χ1n) is 6.38. The van der Waals surface area contributed by atoms with Crippen molar-refractivity contribution in [3.63, 3.8) is 0 Å². The zero-order valence-electron chi connectivity index (χ0n) is 10.1. The lowest BCUT2D eigenvalue weighted by Crippen LogP contribution is -2.26. The summed E-state index contributed by atoms with van der Waals surface area (Å²) in [7, 11) is 0. The van der Waals surface area contributed by atoms with Crippen LogP contribution in [0.5, 0.6) is 0 Å². The summed E-state index contributed by atoms with van der Waals surface area (Å²) >= 11 is 0. The molecule has 88 valence electrons. The number of ether oxygens (including phenoxy) is 1. The van der Waals surface area contributed by atoms with Gasteiger partial charge in [0.2, 0.25) is 0 Å². The van der Waals surface area contributed by atoms with Gasteiger partial charge in [0.15, 0.2) is 0 Å². The Kier molecular flexibility index (Phi) is 2.44. The van der Waals surface area contributed by atoms with Crippen LogP contribution in [0.25, 0.3) is 6.08 Å². The molecule has 1 aliphatic carbocycles. The van der Waals surface area contributed by atoms with Gasteiger partial charge in [0.05, 0.1) is 0 Å². The van der Waals surface area contributed by atoms with Gasteiger partial charge >= 0.3 is 0 Å². The normalized spacial score (nSPS) is 35.5. The van der Waals surface area contributed by atoms with E-state index in [1.807, 2.05) is 12.1 Å². The summed E-state index contributed by atoms with van der Waals surface area (Å²) in [6.07, 6.45) is 11.2. The minimum absolute atomic E-state index is 0.0527. The Labute approximate surface area is 103 Å². The van der Waals surface area contributed by atoms with Gasteiger partial charge in [-0.15, -0.1) is 6.58 Å². The van der Waals surface area contributed by atoms with E-state index in [0.717, 1.165) is 12.8 Å². The van der Waals surface area contributed by atoms with Gasteiger partial charge in [-0.05, 0) is 37.3 Å². The second-order valence-corrected chi connectivity index (χ2v) is 5.04. The number of benzene rings is 1. The van der Waals surface area contributed by atoms with Crippen LogP contribution >= 0.6 is 0 Å². The molecule has 2 atom stereocenters. The Morgan fingerprint density at radius 1 is 1.06 bits per heavy atom. The third kappa shape index (κ3) is 1.66. The average molecular weight is 226 g/mol. The molecule has 0 radical (unpaired) electrons. The minimum Gasteiger partial charge on any atom is -0.354 e. The summed E-state index contributed by atoms with van der Waals surface area (Å²) < 4.78 is 6.02. The molecule has 3 rings (SSSR count). The highest BCUT2D eigenvalue weighted by molar-refractivity contribution is 5.53. The standard InChI is InChI=1S/C16H18O/c1-2-15-11-6-7-12-16(15,17-15)13-10-14-8-4-3-5-9-14/h2-5,8-10,13H,1,6-7,11-12H2. The second-order valence-electron chi connectivity index (χ2n) is 5.04. The Bertz CT molecular complexity index is 448. The molecule has 17 heavy (non-hydrogen) atoms. The van der Waals surface area contributed by atoms with E-state index in [1.54, 1.807) is 0 Å². The van der Waals surface area contributed by atoms with Crippen LogP contribution in [-0.2, 0) is 4.74 Å². The minimum atomic E-state index is -0.0590. The maximum absolute atomic E-state index is 6.02. The van der Waals surface area contributed by atoms with Gasteiger partial charge in [0, 0.05) is 0 Å². The van der Waals surface area contributed by atoms with Crippen LogP contribution in [0.3, 0.4) is 0 Å². The van der Waals surface area contributed by atoms with E-state index in [2.05, 4.69) is 43.0 Å².